The zero-order valence-corrected chi connectivity index (χ0v) is 17.6. The number of allylic oxidation sites excluding steroid dienone is 2. The molecular formula is C23H22N2O6. The van der Waals surface area contributed by atoms with Crippen LogP contribution in [-0.4, -0.2) is 31.1 Å². The maximum absolute atomic E-state index is 12.9. The summed E-state index contributed by atoms with van der Waals surface area (Å²) in [7, 11) is 2.46. The fraction of sp³-hybridized carbons (Fsp3) is 0.217. The summed E-state index contributed by atoms with van der Waals surface area (Å²) in [5.74, 6) is -2.40. The van der Waals surface area contributed by atoms with E-state index in [0.29, 0.717) is 11.4 Å². The zero-order valence-electron chi connectivity index (χ0n) is 17.6. The van der Waals surface area contributed by atoms with E-state index in [9.17, 15) is 19.7 Å². The molecule has 1 heterocycles. The molecule has 0 saturated carbocycles. The van der Waals surface area contributed by atoms with Crippen molar-refractivity contribution in [2.75, 3.05) is 19.1 Å². The van der Waals surface area contributed by atoms with Gasteiger partial charge in [0.2, 0.25) is 0 Å². The van der Waals surface area contributed by atoms with Crippen LogP contribution in [0.5, 0.6) is 0 Å². The van der Waals surface area contributed by atoms with Crippen LogP contribution in [0.2, 0.25) is 0 Å². The van der Waals surface area contributed by atoms with Gasteiger partial charge in [-0.2, -0.15) is 0 Å². The summed E-state index contributed by atoms with van der Waals surface area (Å²) in [6.07, 6.45) is 0. The Morgan fingerprint density at radius 1 is 0.871 bits per heavy atom. The lowest BCUT2D eigenvalue weighted by atomic mass is 9.79. The van der Waals surface area contributed by atoms with Gasteiger partial charge in [-0.15, -0.1) is 0 Å². The van der Waals surface area contributed by atoms with Gasteiger partial charge < -0.3 is 14.4 Å². The molecule has 3 rings (SSSR count). The molecule has 0 saturated heterocycles. The number of nitrogens with zero attached hydrogens (tertiary/aromatic N) is 2. The summed E-state index contributed by atoms with van der Waals surface area (Å²) in [5, 5.41) is 11.7. The highest BCUT2D eigenvalue weighted by molar-refractivity contribution is 6.02. The molecule has 0 N–H and O–H groups in total. The van der Waals surface area contributed by atoms with Crippen LogP contribution in [0.4, 0.5) is 11.4 Å². The second-order valence-corrected chi connectivity index (χ2v) is 6.90. The van der Waals surface area contributed by atoms with Crippen LogP contribution in [0, 0.1) is 10.1 Å². The van der Waals surface area contributed by atoms with E-state index < -0.39 is 22.8 Å². The number of para-hydroxylation sites is 2. The minimum atomic E-state index is -1.03. The highest BCUT2D eigenvalue weighted by atomic mass is 16.6. The van der Waals surface area contributed by atoms with Gasteiger partial charge in [-0.1, -0.05) is 36.4 Å². The summed E-state index contributed by atoms with van der Waals surface area (Å²) in [5.41, 5.74) is 2.00. The summed E-state index contributed by atoms with van der Waals surface area (Å²) < 4.78 is 10.1. The summed E-state index contributed by atoms with van der Waals surface area (Å²) in [6.45, 7) is 3.44. The van der Waals surface area contributed by atoms with Gasteiger partial charge in [0, 0.05) is 28.7 Å². The molecule has 0 spiro atoms. The Morgan fingerprint density at radius 2 is 1.35 bits per heavy atom. The highest BCUT2D eigenvalue weighted by Crippen LogP contribution is 2.46. The molecule has 0 unspecified atom stereocenters. The molecular weight excluding hydrogens is 400 g/mol. The lowest BCUT2D eigenvalue weighted by Crippen LogP contribution is -2.35. The van der Waals surface area contributed by atoms with E-state index in [1.54, 1.807) is 24.8 Å². The lowest BCUT2D eigenvalue weighted by Gasteiger charge is -2.37. The molecule has 31 heavy (non-hydrogen) atoms. The van der Waals surface area contributed by atoms with Gasteiger partial charge >= 0.3 is 11.9 Å². The third-order valence-corrected chi connectivity index (χ3v) is 5.30. The smallest absolute Gasteiger partial charge is 0.336 e. The Labute approximate surface area is 179 Å². The first-order chi connectivity index (χ1) is 14.8. The van der Waals surface area contributed by atoms with Gasteiger partial charge in [0.05, 0.1) is 36.2 Å². The number of ether oxygens (including phenoxy) is 2. The first-order valence-corrected chi connectivity index (χ1v) is 9.50. The van der Waals surface area contributed by atoms with Crippen molar-refractivity contribution in [2.24, 2.45) is 0 Å². The van der Waals surface area contributed by atoms with Gasteiger partial charge in [-0.05, 0) is 26.0 Å². The first-order valence-electron chi connectivity index (χ1n) is 9.50. The minimum Gasteiger partial charge on any atom is -0.466 e. The Hall–Kier alpha value is -3.94. The molecule has 8 nitrogen and oxygen atoms in total. The fourth-order valence-corrected chi connectivity index (χ4v) is 3.98. The predicted octanol–water partition coefficient (Wildman–Crippen LogP) is 4.09. The average Bonchev–Trinajstić information content (AvgIpc) is 2.78. The van der Waals surface area contributed by atoms with Crippen molar-refractivity contribution in [1.82, 2.24) is 0 Å². The molecule has 0 amide bonds. The quantitative estimate of drug-likeness (QED) is 0.406. The Kier molecular flexibility index (Phi) is 6.20. The van der Waals surface area contributed by atoms with Gasteiger partial charge in [-0.25, -0.2) is 9.59 Å². The third-order valence-electron chi connectivity index (χ3n) is 5.30. The van der Waals surface area contributed by atoms with E-state index >= 15 is 0 Å². The van der Waals surface area contributed by atoms with Crippen LogP contribution >= 0.6 is 0 Å². The van der Waals surface area contributed by atoms with Crippen LogP contribution in [0.1, 0.15) is 25.3 Å². The van der Waals surface area contributed by atoms with Crippen molar-refractivity contribution in [1.29, 1.82) is 0 Å². The SMILES string of the molecule is COC(=O)C1=C(C)N(c2ccccc2)C(C)=C(C(=O)OC)C1c1ccccc1[N+](=O)[O-]. The summed E-state index contributed by atoms with van der Waals surface area (Å²) in [4.78, 5) is 38.8. The van der Waals surface area contributed by atoms with Gasteiger partial charge in [-0.3, -0.25) is 10.1 Å². The van der Waals surface area contributed by atoms with Crippen LogP contribution in [0.3, 0.4) is 0 Å². The number of rotatable bonds is 5. The number of benzene rings is 2. The molecule has 0 fully saturated rings. The van der Waals surface area contributed by atoms with Crippen molar-refractivity contribution in [2.45, 2.75) is 19.8 Å². The van der Waals surface area contributed by atoms with E-state index in [4.69, 9.17) is 9.47 Å². The third kappa shape index (κ3) is 3.79. The van der Waals surface area contributed by atoms with Crippen LogP contribution in [-0.2, 0) is 19.1 Å². The molecule has 0 aliphatic carbocycles. The average molecular weight is 422 g/mol. The standard InChI is InChI=1S/C23H22N2O6/c1-14-19(22(26)30-3)21(17-12-8-9-13-18(17)25(28)29)20(23(27)31-4)15(2)24(14)16-10-6-5-7-11-16/h5-13,21H,1-4H3. The molecule has 2 aromatic carbocycles. The Balaban J connectivity index is 2.40. The monoisotopic (exact) mass is 422 g/mol. The molecule has 0 radical (unpaired) electrons. The molecule has 0 aromatic heterocycles. The molecule has 0 bridgehead atoms. The number of anilines is 1. The molecule has 2 aromatic rings. The van der Waals surface area contributed by atoms with Crippen molar-refractivity contribution < 1.29 is 24.0 Å². The molecule has 0 atom stereocenters. The number of hydrogen-bond acceptors (Lipinski definition) is 7. The molecule has 1 aliphatic heterocycles. The van der Waals surface area contributed by atoms with Crippen LogP contribution < -0.4 is 4.90 Å². The second-order valence-electron chi connectivity index (χ2n) is 6.90. The van der Waals surface area contributed by atoms with E-state index in [-0.39, 0.29) is 22.4 Å². The maximum Gasteiger partial charge on any atom is 0.336 e. The summed E-state index contributed by atoms with van der Waals surface area (Å²) >= 11 is 0. The normalized spacial score (nSPS) is 14.5. The number of carbonyl (C=O) groups excluding carboxylic acids is 2. The number of carbonyl (C=O) groups is 2. The topological polar surface area (TPSA) is 99.0 Å². The largest absolute Gasteiger partial charge is 0.466 e. The number of methoxy groups -OCH3 is 2. The van der Waals surface area contributed by atoms with Gasteiger partial charge in [0.1, 0.15) is 0 Å². The van der Waals surface area contributed by atoms with E-state index in [1.807, 2.05) is 30.3 Å². The van der Waals surface area contributed by atoms with Crippen molar-refractivity contribution in [3.63, 3.8) is 0 Å². The Morgan fingerprint density at radius 3 is 1.84 bits per heavy atom. The second kappa shape index (κ2) is 8.83. The van der Waals surface area contributed by atoms with Crippen LogP contribution in [0.25, 0.3) is 0 Å². The van der Waals surface area contributed by atoms with Crippen molar-refractivity contribution in [3.8, 4) is 0 Å². The predicted molar refractivity (Wildman–Crippen MR) is 114 cm³/mol. The fourth-order valence-electron chi connectivity index (χ4n) is 3.98. The van der Waals surface area contributed by atoms with Crippen LogP contribution in [0.15, 0.2) is 77.1 Å². The van der Waals surface area contributed by atoms with E-state index in [2.05, 4.69) is 0 Å². The maximum atomic E-state index is 12.9. The lowest BCUT2D eigenvalue weighted by molar-refractivity contribution is -0.385. The zero-order chi connectivity index (χ0) is 22.7. The number of nitro groups is 1. The first kappa shape index (κ1) is 21.8. The number of nitro benzene ring substituents is 1. The number of hydrogen-bond donors (Lipinski definition) is 0. The minimum absolute atomic E-state index is 0.131. The van der Waals surface area contributed by atoms with Gasteiger partial charge in [0.15, 0.2) is 0 Å². The molecule has 160 valence electrons. The highest BCUT2D eigenvalue weighted by Gasteiger charge is 2.43. The van der Waals surface area contributed by atoms with E-state index in [1.165, 1.54) is 32.4 Å². The van der Waals surface area contributed by atoms with Crippen molar-refractivity contribution in [3.05, 3.63) is 92.8 Å². The van der Waals surface area contributed by atoms with E-state index in [0.717, 1.165) is 5.69 Å². The van der Waals surface area contributed by atoms with Gasteiger partial charge in [0.25, 0.3) is 5.69 Å². The Bertz CT molecular complexity index is 1060. The molecule has 8 heteroatoms. The number of esters is 2. The molecule has 1 aliphatic rings. The summed E-state index contributed by atoms with van der Waals surface area (Å²) in [6, 6.07) is 15.2. The van der Waals surface area contributed by atoms with Crippen molar-refractivity contribution >= 4 is 23.3 Å².